The van der Waals surface area contributed by atoms with Crippen LogP contribution in [-0.2, 0) is 29.2 Å². The van der Waals surface area contributed by atoms with Crippen LogP contribution < -0.4 is 0 Å². The molecule has 0 spiro atoms. The summed E-state index contributed by atoms with van der Waals surface area (Å²) in [5.41, 5.74) is 2.05. The zero-order chi connectivity index (χ0) is 24.3. The molecule has 1 fully saturated rings. The highest BCUT2D eigenvalue weighted by Gasteiger charge is 2.33. The fourth-order valence-corrected chi connectivity index (χ4v) is 6.30. The molecule has 1 aliphatic heterocycles. The fourth-order valence-electron chi connectivity index (χ4n) is 3.58. The van der Waals surface area contributed by atoms with Gasteiger partial charge in [0.25, 0.3) is 5.91 Å². The highest BCUT2D eigenvalue weighted by atomic mass is 32.2. The smallest absolute Gasteiger partial charge is 0.349 e. The van der Waals surface area contributed by atoms with Crippen LogP contribution in [0.4, 0.5) is 0 Å². The lowest BCUT2D eigenvalue weighted by molar-refractivity contribution is -0.125. The van der Waals surface area contributed by atoms with Crippen molar-refractivity contribution in [1.29, 1.82) is 0 Å². The van der Waals surface area contributed by atoms with E-state index in [1.54, 1.807) is 18.7 Å². The van der Waals surface area contributed by atoms with Gasteiger partial charge in [-0.05, 0) is 48.4 Å². The van der Waals surface area contributed by atoms with Crippen molar-refractivity contribution in [3.63, 3.8) is 0 Å². The Bertz CT molecular complexity index is 869. The Morgan fingerprint density at radius 1 is 1.06 bits per heavy atom. The first kappa shape index (κ1) is 27.0. The van der Waals surface area contributed by atoms with E-state index in [4.69, 9.17) is 9.05 Å². The van der Waals surface area contributed by atoms with Crippen LogP contribution in [0.25, 0.3) is 6.08 Å². The van der Waals surface area contributed by atoms with E-state index in [2.05, 4.69) is 41.5 Å². The molecular formula is C24H38NO5PS. The van der Waals surface area contributed by atoms with Gasteiger partial charge in [0, 0.05) is 23.4 Å². The van der Waals surface area contributed by atoms with Crippen molar-refractivity contribution in [2.24, 2.45) is 0 Å². The summed E-state index contributed by atoms with van der Waals surface area (Å²) in [6, 6.07) is 3.91. The van der Waals surface area contributed by atoms with Crippen LogP contribution >= 0.6 is 19.4 Å². The number of phenolic OH excluding ortho intramolecular Hbond substituents is 1. The molecule has 0 aliphatic carbocycles. The van der Waals surface area contributed by atoms with Crippen LogP contribution in [0, 0.1) is 0 Å². The first-order chi connectivity index (χ1) is 14.7. The first-order valence-electron chi connectivity index (χ1n) is 11.1. The van der Waals surface area contributed by atoms with Crippen molar-refractivity contribution in [1.82, 2.24) is 4.90 Å². The van der Waals surface area contributed by atoms with Crippen LogP contribution in [0.1, 0.15) is 72.1 Å². The fraction of sp³-hybridized carbons (Fsp3) is 0.625. The Hall–Kier alpha value is -1.27. The number of amides is 1. The third kappa shape index (κ3) is 6.63. The normalized spacial score (nSPS) is 17.3. The van der Waals surface area contributed by atoms with E-state index >= 15 is 0 Å². The van der Waals surface area contributed by atoms with E-state index in [9.17, 15) is 14.5 Å². The van der Waals surface area contributed by atoms with Crippen molar-refractivity contribution < 1.29 is 23.5 Å². The van der Waals surface area contributed by atoms with E-state index in [-0.39, 0.29) is 36.2 Å². The Balaban J connectivity index is 2.45. The monoisotopic (exact) mass is 483 g/mol. The van der Waals surface area contributed by atoms with E-state index < -0.39 is 7.60 Å². The molecule has 1 aromatic carbocycles. The lowest BCUT2D eigenvalue weighted by Crippen LogP contribution is -2.38. The number of carbonyl (C=O) groups is 1. The number of nitrogens with zero attached hydrogens (tertiary/aromatic N) is 1. The molecule has 1 saturated heterocycles. The molecule has 1 aliphatic rings. The van der Waals surface area contributed by atoms with E-state index in [0.717, 1.165) is 16.7 Å². The average Bonchev–Trinajstić information content (AvgIpc) is 2.64. The van der Waals surface area contributed by atoms with Crippen LogP contribution in [0.5, 0.6) is 5.75 Å². The molecule has 1 amide bonds. The third-order valence-corrected chi connectivity index (χ3v) is 8.14. The second kappa shape index (κ2) is 10.3. The zero-order valence-corrected chi connectivity index (χ0v) is 22.4. The minimum absolute atomic E-state index is 0.0541. The topological polar surface area (TPSA) is 76.1 Å². The van der Waals surface area contributed by atoms with Crippen molar-refractivity contribution in [3.8, 4) is 5.75 Å². The maximum absolute atomic E-state index is 13.2. The van der Waals surface area contributed by atoms with Gasteiger partial charge in [-0.15, -0.1) is 11.8 Å². The maximum Gasteiger partial charge on any atom is 0.349 e. The van der Waals surface area contributed by atoms with E-state index in [1.165, 1.54) is 11.8 Å². The molecule has 0 saturated carbocycles. The van der Waals surface area contributed by atoms with Gasteiger partial charge < -0.3 is 19.1 Å². The summed E-state index contributed by atoms with van der Waals surface area (Å²) >= 11 is 1.49. The molecule has 1 aromatic rings. The number of carbonyl (C=O) groups excluding carboxylic acids is 1. The van der Waals surface area contributed by atoms with Gasteiger partial charge in [-0.3, -0.25) is 9.36 Å². The number of benzene rings is 1. The first-order valence-corrected chi connectivity index (χ1v) is 13.8. The van der Waals surface area contributed by atoms with Crippen LogP contribution in [0.15, 0.2) is 17.0 Å². The standard InChI is InChI=1S/C24H38NO5PS/c1-9-29-31(28,30-10-2)16-25-11-12-32-20(22(25)27)15-17-13-18(23(3,4)5)21(26)19(14-17)24(6,7)8/h13-15,26H,9-12,16H2,1-8H3. The van der Waals surface area contributed by atoms with Crippen molar-refractivity contribution >= 4 is 31.3 Å². The maximum atomic E-state index is 13.2. The van der Waals surface area contributed by atoms with Crippen LogP contribution in [0.2, 0.25) is 0 Å². The van der Waals surface area contributed by atoms with Gasteiger partial charge in [0.05, 0.1) is 18.1 Å². The van der Waals surface area contributed by atoms with Gasteiger partial charge in [-0.1, -0.05) is 41.5 Å². The molecule has 0 radical (unpaired) electrons. The number of hydrogen-bond acceptors (Lipinski definition) is 6. The molecule has 0 bridgehead atoms. The van der Waals surface area contributed by atoms with Gasteiger partial charge in [0.15, 0.2) is 0 Å². The molecule has 1 N–H and O–H groups in total. The van der Waals surface area contributed by atoms with E-state index in [1.807, 2.05) is 18.2 Å². The molecular weight excluding hydrogens is 445 g/mol. The lowest BCUT2D eigenvalue weighted by atomic mass is 9.78. The van der Waals surface area contributed by atoms with E-state index in [0.29, 0.717) is 23.0 Å². The molecule has 180 valence electrons. The molecule has 2 rings (SSSR count). The van der Waals surface area contributed by atoms with Gasteiger partial charge in [0.1, 0.15) is 12.0 Å². The summed E-state index contributed by atoms with van der Waals surface area (Å²) < 4.78 is 23.7. The summed E-state index contributed by atoms with van der Waals surface area (Å²) in [5.74, 6) is 0.834. The summed E-state index contributed by atoms with van der Waals surface area (Å²) in [7, 11) is -3.37. The zero-order valence-electron chi connectivity index (χ0n) is 20.7. The summed E-state index contributed by atoms with van der Waals surface area (Å²) in [6.45, 7) is 16.9. The molecule has 8 heteroatoms. The molecule has 0 atom stereocenters. The summed E-state index contributed by atoms with van der Waals surface area (Å²) in [5, 5.41) is 11.0. The predicted molar refractivity (Wildman–Crippen MR) is 133 cm³/mol. The van der Waals surface area contributed by atoms with Crippen LogP contribution in [-0.4, -0.2) is 47.7 Å². The van der Waals surface area contributed by atoms with Gasteiger partial charge >= 0.3 is 7.60 Å². The van der Waals surface area contributed by atoms with Gasteiger partial charge in [-0.25, -0.2) is 0 Å². The van der Waals surface area contributed by atoms with Crippen LogP contribution in [0.3, 0.4) is 0 Å². The Kier molecular flexibility index (Phi) is 8.71. The summed E-state index contributed by atoms with van der Waals surface area (Å²) in [4.78, 5) is 15.3. The average molecular weight is 484 g/mol. The Labute approximate surface area is 197 Å². The highest BCUT2D eigenvalue weighted by Crippen LogP contribution is 2.49. The molecule has 1 heterocycles. The second-order valence-electron chi connectivity index (χ2n) is 9.98. The minimum Gasteiger partial charge on any atom is -0.507 e. The van der Waals surface area contributed by atoms with Crippen molar-refractivity contribution in [2.45, 2.75) is 66.2 Å². The summed E-state index contributed by atoms with van der Waals surface area (Å²) in [6.07, 6.45) is 1.82. The molecule has 0 aromatic heterocycles. The Morgan fingerprint density at radius 2 is 1.56 bits per heavy atom. The van der Waals surface area contributed by atoms with Crippen molar-refractivity contribution in [3.05, 3.63) is 33.7 Å². The third-order valence-electron chi connectivity index (χ3n) is 5.16. The number of rotatable bonds is 7. The van der Waals surface area contributed by atoms with Crippen molar-refractivity contribution in [2.75, 3.05) is 31.8 Å². The second-order valence-corrected chi connectivity index (χ2v) is 13.1. The Morgan fingerprint density at radius 3 is 2.00 bits per heavy atom. The number of aromatic hydroxyl groups is 1. The number of thioether (sulfide) groups is 1. The largest absolute Gasteiger partial charge is 0.507 e. The molecule has 32 heavy (non-hydrogen) atoms. The quantitative estimate of drug-likeness (QED) is 0.372. The molecule has 0 unspecified atom stereocenters. The molecule has 6 nitrogen and oxygen atoms in total. The SMILES string of the molecule is CCOP(=O)(CN1CCSC(=Cc2cc(C(C)(C)C)c(O)c(C(C)(C)C)c2)C1=O)OCC. The number of phenols is 1. The number of hydrogen-bond donors (Lipinski definition) is 1. The van der Waals surface area contributed by atoms with Gasteiger partial charge in [0.2, 0.25) is 0 Å². The highest BCUT2D eigenvalue weighted by molar-refractivity contribution is 8.04. The van der Waals surface area contributed by atoms with Gasteiger partial charge in [-0.2, -0.15) is 0 Å². The lowest BCUT2D eigenvalue weighted by Gasteiger charge is -2.31. The minimum atomic E-state index is -3.37. The predicted octanol–water partition coefficient (Wildman–Crippen LogP) is 6.13.